The highest BCUT2D eigenvalue weighted by atomic mass is 16.5. The molecule has 3 rings (SSSR count). The highest BCUT2D eigenvalue weighted by Gasteiger charge is 2.16. The van der Waals surface area contributed by atoms with Gasteiger partial charge < -0.3 is 19.5 Å². The molecule has 0 saturated heterocycles. The van der Waals surface area contributed by atoms with E-state index in [-0.39, 0.29) is 25.2 Å². The van der Waals surface area contributed by atoms with Crippen LogP contribution in [-0.4, -0.2) is 37.5 Å². The van der Waals surface area contributed by atoms with Crippen molar-refractivity contribution >= 4 is 17.7 Å². The lowest BCUT2D eigenvalue weighted by Crippen LogP contribution is -2.28. The van der Waals surface area contributed by atoms with Crippen LogP contribution >= 0.6 is 0 Å². The number of amides is 1. The monoisotopic (exact) mass is 397 g/mol. The number of fused-ring (bicyclic) bond motifs is 1. The third kappa shape index (κ3) is 6.34. The van der Waals surface area contributed by atoms with E-state index in [4.69, 9.17) is 14.2 Å². The lowest BCUT2D eigenvalue weighted by molar-refractivity contribution is -0.148. The van der Waals surface area contributed by atoms with E-state index >= 15 is 0 Å². The van der Waals surface area contributed by atoms with Crippen molar-refractivity contribution in [1.29, 1.82) is 0 Å². The molecule has 0 radical (unpaired) electrons. The molecule has 7 heteroatoms. The van der Waals surface area contributed by atoms with Crippen LogP contribution in [0.4, 0.5) is 0 Å². The number of ketones is 1. The van der Waals surface area contributed by atoms with Crippen LogP contribution in [0.2, 0.25) is 0 Å². The van der Waals surface area contributed by atoms with Crippen LogP contribution < -0.4 is 14.8 Å². The zero-order valence-corrected chi connectivity index (χ0v) is 16.0. The molecule has 0 atom stereocenters. The standard InChI is InChI=1S/C22H23NO6/c24-18(17-7-9-19-20(13-17)28-12-4-11-27-19)8-10-22(26)29-15-21(25)23-14-16-5-2-1-3-6-16/h1-3,5-7,9,13H,4,8,10-12,14-15H2,(H,23,25). The fourth-order valence-electron chi connectivity index (χ4n) is 2.76. The van der Waals surface area contributed by atoms with Crippen LogP contribution in [0.1, 0.15) is 35.2 Å². The molecule has 1 aliphatic heterocycles. The van der Waals surface area contributed by atoms with E-state index in [1.54, 1.807) is 18.2 Å². The van der Waals surface area contributed by atoms with Crippen molar-refractivity contribution < 1.29 is 28.6 Å². The summed E-state index contributed by atoms with van der Waals surface area (Å²) in [5.74, 6) is -0.0453. The van der Waals surface area contributed by atoms with Gasteiger partial charge in [-0.3, -0.25) is 14.4 Å². The number of ether oxygens (including phenoxy) is 3. The van der Waals surface area contributed by atoms with Gasteiger partial charge in [0, 0.05) is 24.9 Å². The third-order valence-electron chi connectivity index (χ3n) is 4.32. The Balaban J connectivity index is 1.39. The maximum atomic E-state index is 12.3. The van der Waals surface area contributed by atoms with E-state index in [0.29, 0.717) is 36.8 Å². The number of carbonyl (C=O) groups is 3. The summed E-state index contributed by atoms with van der Waals surface area (Å²) in [5.41, 5.74) is 1.40. The average Bonchev–Trinajstić information content (AvgIpc) is 3.00. The molecule has 0 unspecified atom stereocenters. The molecule has 1 N–H and O–H groups in total. The smallest absolute Gasteiger partial charge is 0.306 e. The third-order valence-corrected chi connectivity index (χ3v) is 4.32. The molecule has 0 aliphatic carbocycles. The summed E-state index contributed by atoms with van der Waals surface area (Å²) in [6, 6.07) is 14.4. The van der Waals surface area contributed by atoms with Crippen molar-refractivity contribution in [2.24, 2.45) is 0 Å². The number of esters is 1. The maximum absolute atomic E-state index is 12.3. The van der Waals surface area contributed by atoms with E-state index in [1.165, 1.54) is 0 Å². The predicted octanol–water partition coefficient (Wildman–Crippen LogP) is 2.67. The summed E-state index contributed by atoms with van der Waals surface area (Å²) in [5, 5.41) is 2.67. The Hall–Kier alpha value is -3.35. The number of hydrogen-bond donors (Lipinski definition) is 1. The molecular weight excluding hydrogens is 374 g/mol. The summed E-state index contributed by atoms with van der Waals surface area (Å²) >= 11 is 0. The van der Waals surface area contributed by atoms with Crippen molar-refractivity contribution in [2.45, 2.75) is 25.8 Å². The van der Waals surface area contributed by atoms with Crippen LogP contribution in [0.25, 0.3) is 0 Å². The number of rotatable bonds is 8. The molecule has 29 heavy (non-hydrogen) atoms. The fraction of sp³-hybridized carbons (Fsp3) is 0.318. The van der Waals surface area contributed by atoms with Crippen LogP contribution in [0, 0.1) is 0 Å². The average molecular weight is 397 g/mol. The van der Waals surface area contributed by atoms with Crippen LogP contribution in [0.3, 0.4) is 0 Å². The summed E-state index contributed by atoms with van der Waals surface area (Å²) in [6.45, 7) is 1.10. The second-order valence-corrected chi connectivity index (χ2v) is 6.56. The second kappa shape index (κ2) is 10.3. The van der Waals surface area contributed by atoms with Crippen LogP contribution in [-0.2, 0) is 20.9 Å². The molecule has 0 saturated carbocycles. The highest BCUT2D eigenvalue weighted by Crippen LogP contribution is 2.30. The Labute approximate surface area is 169 Å². The minimum absolute atomic E-state index is 0.00981. The molecule has 1 heterocycles. The highest BCUT2D eigenvalue weighted by molar-refractivity contribution is 5.98. The molecule has 0 bridgehead atoms. The number of Topliss-reactive ketones (excluding diaryl/α,β-unsaturated/α-hetero) is 1. The fourth-order valence-corrected chi connectivity index (χ4v) is 2.76. The number of hydrogen-bond acceptors (Lipinski definition) is 6. The van der Waals surface area contributed by atoms with E-state index in [9.17, 15) is 14.4 Å². The molecule has 0 spiro atoms. The minimum atomic E-state index is -0.595. The van der Waals surface area contributed by atoms with Crippen molar-refractivity contribution in [3.8, 4) is 11.5 Å². The Morgan fingerprint density at radius 3 is 2.48 bits per heavy atom. The predicted molar refractivity (Wildman–Crippen MR) is 105 cm³/mol. The summed E-state index contributed by atoms with van der Waals surface area (Å²) in [4.78, 5) is 35.9. The molecule has 1 aliphatic rings. The van der Waals surface area contributed by atoms with E-state index in [1.807, 2.05) is 30.3 Å². The molecule has 0 aromatic heterocycles. The first-order valence-electron chi connectivity index (χ1n) is 9.51. The Morgan fingerprint density at radius 2 is 1.69 bits per heavy atom. The Bertz CT molecular complexity index is 865. The molecule has 2 aromatic carbocycles. The van der Waals surface area contributed by atoms with Crippen molar-refractivity contribution in [3.05, 3.63) is 59.7 Å². The minimum Gasteiger partial charge on any atom is -0.490 e. The quantitative estimate of drug-likeness (QED) is 0.544. The van der Waals surface area contributed by atoms with Gasteiger partial charge in [0.1, 0.15) is 0 Å². The van der Waals surface area contributed by atoms with E-state index in [0.717, 1.165) is 12.0 Å². The SMILES string of the molecule is O=C(COC(=O)CCC(=O)c1ccc2c(c1)OCCCO2)NCc1ccccc1. The lowest BCUT2D eigenvalue weighted by Gasteiger charge is -2.09. The zero-order chi connectivity index (χ0) is 20.5. The first kappa shape index (κ1) is 20.4. The second-order valence-electron chi connectivity index (χ2n) is 6.56. The topological polar surface area (TPSA) is 90.9 Å². The number of benzene rings is 2. The number of nitrogens with one attached hydrogen (secondary N) is 1. The molecule has 1 amide bonds. The Kier molecular flexibility index (Phi) is 7.22. The van der Waals surface area contributed by atoms with Gasteiger partial charge in [0.05, 0.1) is 19.6 Å². The number of carbonyl (C=O) groups excluding carboxylic acids is 3. The van der Waals surface area contributed by atoms with Gasteiger partial charge in [0.2, 0.25) is 0 Å². The molecule has 2 aromatic rings. The molecule has 7 nitrogen and oxygen atoms in total. The Morgan fingerprint density at radius 1 is 0.931 bits per heavy atom. The summed E-state index contributed by atoms with van der Waals surface area (Å²) in [7, 11) is 0. The zero-order valence-electron chi connectivity index (χ0n) is 16.0. The van der Waals surface area contributed by atoms with Gasteiger partial charge in [-0.15, -0.1) is 0 Å². The maximum Gasteiger partial charge on any atom is 0.306 e. The summed E-state index contributed by atoms with van der Waals surface area (Å²) < 4.78 is 16.0. The van der Waals surface area contributed by atoms with Crippen LogP contribution in [0.15, 0.2) is 48.5 Å². The van der Waals surface area contributed by atoms with Crippen molar-refractivity contribution in [3.63, 3.8) is 0 Å². The van der Waals surface area contributed by atoms with Gasteiger partial charge in [-0.25, -0.2) is 0 Å². The van der Waals surface area contributed by atoms with Gasteiger partial charge >= 0.3 is 5.97 Å². The largest absolute Gasteiger partial charge is 0.490 e. The van der Waals surface area contributed by atoms with E-state index in [2.05, 4.69) is 5.32 Å². The van der Waals surface area contributed by atoms with Gasteiger partial charge in [-0.1, -0.05) is 30.3 Å². The molecular formula is C22H23NO6. The molecule has 152 valence electrons. The van der Waals surface area contributed by atoms with Gasteiger partial charge in [0.25, 0.3) is 5.91 Å². The van der Waals surface area contributed by atoms with Gasteiger partial charge in [0.15, 0.2) is 23.9 Å². The van der Waals surface area contributed by atoms with Crippen LogP contribution in [0.5, 0.6) is 11.5 Å². The normalized spacial score (nSPS) is 12.6. The van der Waals surface area contributed by atoms with Gasteiger partial charge in [-0.2, -0.15) is 0 Å². The lowest BCUT2D eigenvalue weighted by atomic mass is 10.1. The first-order chi connectivity index (χ1) is 14.1. The molecule has 0 fully saturated rings. The summed E-state index contributed by atoms with van der Waals surface area (Å²) in [6.07, 6.45) is 0.673. The first-order valence-corrected chi connectivity index (χ1v) is 9.51. The van der Waals surface area contributed by atoms with Gasteiger partial charge in [-0.05, 0) is 23.8 Å². The van der Waals surface area contributed by atoms with Crippen molar-refractivity contribution in [2.75, 3.05) is 19.8 Å². The van der Waals surface area contributed by atoms with Crippen molar-refractivity contribution in [1.82, 2.24) is 5.32 Å². The van der Waals surface area contributed by atoms with E-state index < -0.39 is 11.9 Å².